The van der Waals surface area contributed by atoms with Gasteiger partial charge in [0.05, 0.1) is 0 Å². The second-order valence-corrected chi connectivity index (χ2v) is 7.80. The molecule has 1 aliphatic carbocycles. The number of carbonyl (C=O) groups is 1. The standard InChI is InChI=1S/C14H27NO2S/c1-12(18(3)17)7-10-15-13(16)11-14(2)8-5-4-6-9-14/h12H,4-11H2,1-3H3,(H,15,16)/t12-,18+/m1/s1. The molecule has 3 nitrogen and oxygen atoms in total. The Morgan fingerprint density at radius 2 is 1.94 bits per heavy atom. The highest BCUT2D eigenvalue weighted by Gasteiger charge is 2.29. The van der Waals surface area contributed by atoms with Crippen LogP contribution in [0.25, 0.3) is 0 Å². The van der Waals surface area contributed by atoms with Crippen LogP contribution < -0.4 is 5.32 Å². The van der Waals surface area contributed by atoms with E-state index < -0.39 is 10.8 Å². The van der Waals surface area contributed by atoms with E-state index in [1.165, 1.54) is 32.1 Å². The lowest BCUT2D eigenvalue weighted by Crippen LogP contribution is -2.33. The predicted molar refractivity (Wildman–Crippen MR) is 77.0 cm³/mol. The fourth-order valence-corrected chi connectivity index (χ4v) is 3.06. The van der Waals surface area contributed by atoms with Gasteiger partial charge in [0.15, 0.2) is 0 Å². The number of hydrogen-bond acceptors (Lipinski definition) is 2. The summed E-state index contributed by atoms with van der Waals surface area (Å²) in [6.07, 6.45) is 9.35. The Bertz CT molecular complexity index is 298. The molecule has 1 fully saturated rings. The summed E-state index contributed by atoms with van der Waals surface area (Å²) in [5.74, 6) is 0.161. The minimum atomic E-state index is -0.791. The summed E-state index contributed by atoms with van der Waals surface area (Å²) in [5, 5.41) is 3.13. The smallest absolute Gasteiger partial charge is 0.220 e. The lowest BCUT2D eigenvalue weighted by molar-refractivity contribution is -0.123. The molecule has 106 valence electrons. The second kappa shape index (κ2) is 7.27. The first kappa shape index (κ1) is 15.7. The van der Waals surface area contributed by atoms with Gasteiger partial charge in [-0.25, -0.2) is 0 Å². The van der Waals surface area contributed by atoms with Crippen LogP contribution in [-0.2, 0) is 15.6 Å². The SMILES string of the molecule is C[C@H](CCNC(=O)CC1(C)CCCCC1)[S@](C)=O. The second-order valence-electron chi connectivity index (χ2n) is 6.00. The molecule has 18 heavy (non-hydrogen) atoms. The maximum absolute atomic E-state index is 11.9. The van der Waals surface area contributed by atoms with Crippen molar-refractivity contribution in [2.24, 2.45) is 5.41 Å². The van der Waals surface area contributed by atoms with Crippen molar-refractivity contribution >= 4 is 16.7 Å². The van der Waals surface area contributed by atoms with Crippen LogP contribution in [0.15, 0.2) is 0 Å². The van der Waals surface area contributed by atoms with E-state index in [1.807, 2.05) is 6.92 Å². The molecule has 1 saturated carbocycles. The van der Waals surface area contributed by atoms with Gasteiger partial charge in [0.2, 0.25) is 5.91 Å². The molecule has 0 unspecified atom stereocenters. The van der Waals surface area contributed by atoms with Gasteiger partial charge < -0.3 is 5.32 Å². The molecule has 0 saturated heterocycles. The van der Waals surface area contributed by atoms with E-state index in [4.69, 9.17) is 0 Å². The van der Waals surface area contributed by atoms with E-state index in [0.717, 1.165) is 6.42 Å². The van der Waals surface area contributed by atoms with Gasteiger partial charge in [-0.3, -0.25) is 9.00 Å². The number of hydrogen-bond donors (Lipinski definition) is 1. The summed E-state index contributed by atoms with van der Waals surface area (Å²) in [6, 6.07) is 0. The summed E-state index contributed by atoms with van der Waals surface area (Å²) in [7, 11) is -0.791. The molecule has 1 amide bonds. The van der Waals surface area contributed by atoms with Crippen molar-refractivity contribution in [3.63, 3.8) is 0 Å². The highest BCUT2D eigenvalue weighted by molar-refractivity contribution is 7.84. The van der Waals surface area contributed by atoms with Gasteiger partial charge in [0, 0.05) is 35.3 Å². The Kier molecular flexibility index (Phi) is 6.33. The maximum atomic E-state index is 11.9. The van der Waals surface area contributed by atoms with E-state index in [9.17, 15) is 9.00 Å². The van der Waals surface area contributed by atoms with Crippen LogP contribution in [0.3, 0.4) is 0 Å². The van der Waals surface area contributed by atoms with Crippen LogP contribution in [0.4, 0.5) is 0 Å². The Hall–Kier alpha value is -0.380. The van der Waals surface area contributed by atoms with Gasteiger partial charge in [0.1, 0.15) is 0 Å². The normalized spacial score (nSPS) is 22.2. The first-order chi connectivity index (χ1) is 8.43. The van der Waals surface area contributed by atoms with Gasteiger partial charge in [-0.2, -0.15) is 0 Å². The molecule has 0 aromatic rings. The fraction of sp³-hybridized carbons (Fsp3) is 0.929. The average Bonchev–Trinajstić information content (AvgIpc) is 2.28. The maximum Gasteiger partial charge on any atom is 0.220 e. The Balaban J connectivity index is 2.22. The fourth-order valence-electron chi connectivity index (χ4n) is 2.61. The van der Waals surface area contributed by atoms with E-state index in [2.05, 4.69) is 12.2 Å². The van der Waals surface area contributed by atoms with Crippen molar-refractivity contribution in [1.82, 2.24) is 5.32 Å². The molecule has 1 aliphatic rings. The Morgan fingerprint density at radius 3 is 2.50 bits per heavy atom. The lowest BCUT2D eigenvalue weighted by atomic mass is 9.73. The van der Waals surface area contributed by atoms with Gasteiger partial charge in [-0.1, -0.05) is 33.1 Å². The van der Waals surface area contributed by atoms with Gasteiger partial charge in [0.25, 0.3) is 0 Å². The molecule has 1 rings (SSSR count). The molecule has 0 spiro atoms. The van der Waals surface area contributed by atoms with Crippen LogP contribution in [0.2, 0.25) is 0 Å². The first-order valence-corrected chi connectivity index (χ1v) is 8.64. The summed E-state index contributed by atoms with van der Waals surface area (Å²) in [5.41, 5.74) is 0.210. The molecule has 4 heteroatoms. The van der Waals surface area contributed by atoms with Crippen molar-refractivity contribution in [2.45, 2.75) is 64.0 Å². The van der Waals surface area contributed by atoms with Crippen molar-refractivity contribution in [1.29, 1.82) is 0 Å². The van der Waals surface area contributed by atoms with E-state index in [-0.39, 0.29) is 16.6 Å². The molecule has 0 bridgehead atoms. The molecule has 1 N–H and O–H groups in total. The molecular weight excluding hydrogens is 246 g/mol. The topological polar surface area (TPSA) is 46.2 Å². The summed E-state index contributed by atoms with van der Waals surface area (Å²) in [6.45, 7) is 4.84. The van der Waals surface area contributed by atoms with E-state index in [1.54, 1.807) is 6.26 Å². The summed E-state index contributed by atoms with van der Waals surface area (Å²) < 4.78 is 11.2. The third-order valence-electron chi connectivity index (χ3n) is 4.09. The third-order valence-corrected chi connectivity index (χ3v) is 5.46. The minimum Gasteiger partial charge on any atom is -0.356 e. The minimum absolute atomic E-state index is 0.161. The van der Waals surface area contributed by atoms with Crippen LogP contribution in [0.1, 0.15) is 58.8 Å². The molecule has 0 heterocycles. The van der Waals surface area contributed by atoms with Crippen LogP contribution >= 0.6 is 0 Å². The van der Waals surface area contributed by atoms with Gasteiger partial charge >= 0.3 is 0 Å². The average molecular weight is 273 g/mol. The summed E-state index contributed by atoms with van der Waals surface area (Å²) in [4.78, 5) is 11.9. The molecular formula is C14H27NO2S. The number of amides is 1. The molecule has 0 aromatic carbocycles. The highest BCUT2D eigenvalue weighted by Crippen LogP contribution is 2.38. The number of carbonyl (C=O) groups excluding carboxylic acids is 1. The lowest BCUT2D eigenvalue weighted by Gasteiger charge is -2.32. The predicted octanol–water partition coefficient (Wildman–Crippen LogP) is 2.62. The van der Waals surface area contributed by atoms with Crippen LogP contribution in [0.5, 0.6) is 0 Å². The molecule has 2 atom stereocenters. The third kappa shape index (κ3) is 5.51. The van der Waals surface area contributed by atoms with E-state index in [0.29, 0.717) is 13.0 Å². The largest absolute Gasteiger partial charge is 0.356 e. The van der Waals surface area contributed by atoms with Crippen LogP contribution in [-0.4, -0.2) is 28.2 Å². The molecule has 0 radical (unpaired) electrons. The quantitative estimate of drug-likeness (QED) is 0.808. The summed E-state index contributed by atoms with van der Waals surface area (Å²) >= 11 is 0. The molecule has 0 aliphatic heterocycles. The monoisotopic (exact) mass is 273 g/mol. The molecule has 0 aromatic heterocycles. The zero-order valence-corrected chi connectivity index (χ0v) is 12.8. The van der Waals surface area contributed by atoms with Gasteiger partial charge in [-0.05, 0) is 24.7 Å². The van der Waals surface area contributed by atoms with Crippen molar-refractivity contribution in [3.8, 4) is 0 Å². The zero-order valence-electron chi connectivity index (χ0n) is 12.0. The Labute approximate surface area is 114 Å². The first-order valence-electron chi connectivity index (χ1n) is 7.02. The van der Waals surface area contributed by atoms with E-state index >= 15 is 0 Å². The highest BCUT2D eigenvalue weighted by atomic mass is 32.2. The van der Waals surface area contributed by atoms with Gasteiger partial charge in [-0.15, -0.1) is 0 Å². The van der Waals surface area contributed by atoms with Crippen molar-refractivity contribution in [2.75, 3.05) is 12.8 Å². The zero-order chi connectivity index (χ0) is 13.6. The number of nitrogens with one attached hydrogen (secondary N) is 1. The Morgan fingerprint density at radius 1 is 1.33 bits per heavy atom. The van der Waals surface area contributed by atoms with Crippen molar-refractivity contribution in [3.05, 3.63) is 0 Å². The van der Waals surface area contributed by atoms with Crippen molar-refractivity contribution < 1.29 is 9.00 Å². The number of rotatable bonds is 6. The van der Waals surface area contributed by atoms with Crippen LogP contribution in [0, 0.1) is 5.41 Å².